The smallest absolute Gasteiger partial charge is 0.407 e. The van der Waals surface area contributed by atoms with E-state index in [9.17, 15) is 4.79 Å². The lowest BCUT2D eigenvalue weighted by Crippen LogP contribution is -2.43. The van der Waals surface area contributed by atoms with E-state index in [4.69, 9.17) is 0 Å². The number of amides is 1. The highest BCUT2D eigenvalue weighted by Gasteiger charge is 2.26. The van der Waals surface area contributed by atoms with Gasteiger partial charge in [0.1, 0.15) is 0 Å². The Balaban J connectivity index is 4.26. The Kier molecular flexibility index (Phi) is 5.69. The number of rotatable bonds is 4. The van der Waals surface area contributed by atoms with Crippen molar-refractivity contribution in [1.29, 1.82) is 0 Å². The lowest BCUT2D eigenvalue weighted by Gasteiger charge is -2.31. The second kappa shape index (κ2) is 5.99. The van der Waals surface area contributed by atoms with Crippen LogP contribution in [0.4, 0.5) is 4.79 Å². The number of carbonyl (C=O) groups is 1. The highest BCUT2D eigenvalue weighted by Crippen LogP contribution is 2.24. The minimum atomic E-state index is -0.335. The van der Waals surface area contributed by atoms with E-state index < -0.39 is 0 Å². The number of methoxy groups -OCH3 is 1. The molecule has 0 bridgehead atoms. The van der Waals surface area contributed by atoms with E-state index in [1.165, 1.54) is 7.11 Å². The molecule has 15 heavy (non-hydrogen) atoms. The highest BCUT2D eigenvalue weighted by molar-refractivity contribution is 5.67. The maximum Gasteiger partial charge on any atom is 0.407 e. The van der Waals surface area contributed by atoms with Gasteiger partial charge in [-0.3, -0.25) is 0 Å². The minimum absolute atomic E-state index is 0.0725. The van der Waals surface area contributed by atoms with E-state index >= 15 is 0 Å². The van der Waals surface area contributed by atoms with Crippen molar-refractivity contribution in [2.45, 2.75) is 53.5 Å². The molecular weight excluding hydrogens is 190 g/mol. The first kappa shape index (κ1) is 14.3. The van der Waals surface area contributed by atoms with Crippen LogP contribution in [0.5, 0.6) is 0 Å². The van der Waals surface area contributed by atoms with E-state index in [1.54, 1.807) is 0 Å². The number of carbonyl (C=O) groups excluding carboxylic acids is 1. The molecule has 0 aromatic heterocycles. The van der Waals surface area contributed by atoms with Crippen LogP contribution in [0, 0.1) is 11.3 Å². The van der Waals surface area contributed by atoms with Gasteiger partial charge in [0.25, 0.3) is 0 Å². The van der Waals surface area contributed by atoms with Crippen LogP contribution in [0.3, 0.4) is 0 Å². The molecule has 1 atom stereocenters. The van der Waals surface area contributed by atoms with Gasteiger partial charge in [0.15, 0.2) is 0 Å². The molecule has 0 aliphatic heterocycles. The molecule has 0 fully saturated rings. The topological polar surface area (TPSA) is 38.3 Å². The van der Waals surface area contributed by atoms with E-state index in [2.05, 4.69) is 44.7 Å². The van der Waals surface area contributed by atoms with E-state index in [-0.39, 0.29) is 17.6 Å². The quantitative estimate of drug-likeness (QED) is 0.782. The van der Waals surface area contributed by atoms with E-state index in [1.807, 2.05) is 0 Å². The van der Waals surface area contributed by atoms with Crippen molar-refractivity contribution in [3.8, 4) is 0 Å². The summed E-state index contributed by atoms with van der Waals surface area (Å²) in [6.45, 7) is 10.8. The molecular formula is C12H25NO2. The van der Waals surface area contributed by atoms with Crippen LogP contribution < -0.4 is 5.32 Å². The van der Waals surface area contributed by atoms with Crippen LogP contribution in [-0.4, -0.2) is 19.2 Å². The van der Waals surface area contributed by atoms with Gasteiger partial charge in [0, 0.05) is 6.04 Å². The molecule has 90 valence electrons. The second-order valence-electron chi connectivity index (χ2n) is 5.53. The third kappa shape index (κ3) is 6.37. The summed E-state index contributed by atoms with van der Waals surface area (Å²) in [4.78, 5) is 11.2. The van der Waals surface area contributed by atoms with Crippen LogP contribution >= 0.6 is 0 Å². The Morgan fingerprint density at radius 2 is 1.80 bits per heavy atom. The minimum Gasteiger partial charge on any atom is -0.453 e. The lowest BCUT2D eigenvalue weighted by atomic mass is 9.83. The van der Waals surface area contributed by atoms with Gasteiger partial charge in [-0.2, -0.15) is 0 Å². The summed E-state index contributed by atoms with van der Waals surface area (Å²) in [5.41, 5.74) is 0.0725. The summed E-state index contributed by atoms with van der Waals surface area (Å²) in [6, 6.07) is 0.173. The Morgan fingerprint density at radius 3 is 2.13 bits per heavy atom. The standard InChI is InChI=1S/C12H25NO2/c1-9(2)7-8-10(12(3,4)5)13-11(14)15-6/h9-10H,7-8H2,1-6H3,(H,13,14). The Hall–Kier alpha value is -0.730. The summed E-state index contributed by atoms with van der Waals surface area (Å²) >= 11 is 0. The molecule has 0 aromatic carbocycles. The lowest BCUT2D eigenvalue weighted by molar-refractivity contribution is 0.150. The predicted molar refractivity (Wildman–Crippen MR) is 62.9 cm³/mol. The van der Waals surface area contributed by atoms with Crippen molar-refractivity contribution >= 4 is 6.09 Å². The number of ether oxygens (including phenoxy) is 1. The molecule has 3 heteroatoms. The van der Waals surface area contributed by atoms with Crippen LogP contribution in [0.2, 0.25) is 0 Å². The Morgan fingerprint density at radius 1 is 1.27 bits per heavy atom. The molecule has 1 unspecified atom stereocenters. The highest BCUT2D eigenvalue weighted by atomic mass is 16.5. The summed E-state index contributed by atoms with van der Waals surface area (Å²) < 4.78 is 4.63. The molecule has 0 heterocycles. The average Bonchev–Trinajstić information content (AvgIpc) is 2.09. The molecule has 3 nitrogen and oxygen atoms in total. The molecule has 0 aliphatic carbocycles. The number of nitrogens with one attached hydrogen (secondary N) is 1. The first-order valence-corrected chi connectivity index (χ1v) is 5.62. The molecule has 0 saturated heterocycles. The number of hydrogen-bond acceptors (Lipinski definition) is 2. The number of hydrogen-bond donors (Lipinski definition) is 1. The molecule has 0 radical (unpaired) electrons. The van der Waals surface area contributed by atoms with Gasteiger partial charge in [-0.25, -0.2) is 4.79 Å². The summed E-state index contributed by atoms with van der Waals surface area (Å²) in [7, 11) is 1.40. The average molecular weight is 215 g/mol. The first-order valence-electron chi connectivity index (χ1n) is 5.62. The zero-order valence-electron chi connectivity index (χ0n) is 10.9. The summed E-state index contributed by atoms with van der Waals surface area (Å²) in [5, 5.41) is 2.90. The fourth-order valence-corrected chi connectivity index (χ4v) is 1.42. The summed E-state index contributed by atoms with van der Waals surface area (Å²) in [5.74, 6) is 0.661. The summed E-state index contributed by atoms with van der Waals surface area (Å²) in [6.07, 6.45) is 1.78. The van der Waals surface area contributed by atoms with Crippen LogP contribution in [0.15, 0.2) is 0 Å². The normalized spacial score (nSPS) is 13.8. The van der Waals surface area contributed by atoms with Crippen LogP contribution in [-0.2, 0) is 4.74 Å². The predicted octanol–water partition coefficient (Wildman–Crippen LogP) is 3.19. The molecule has 0 rings (SSSR count). The van der Waals surface area contributed by atoms with Gasteiger partial charge < -0.3 is 10.1 Å². The van der Waals surface area contributed by atoms with Crippen molar-refractivity contribution in [3.63, 3.8) is 0 Å². The van der Waals surface area contributed by atoms with Crippen molar-refractivity contribution in [3.05, 3.63) is 0 Å². The zero-order valence-corrected chi connectivity index (χ0v) is 10.9. The second-order valence-corrected chi connectivity index (χ2v) is 5.53. The van der Waals surface area contributed by atoms with Crippen molar-refractivity contribution in [2.24, 2.45) is 11.3 Å². The Bertz CT molecular complexity index is 194. The van der Waals surface area contributed by atoms with Gasteiger partial charge in [-0.15, -0.1) is 0 Å². The SMILES string of the molecule is COC(=O)NC(CCC(C)C)C(C)(C)C. The molecule has 0 aliphatic rings. The monoisotopic (exact) mass is 215 g/mol. The van der Waals surface area contributed by atoms with Gasteiger partial charge in [0.2, 0.25) is 0 Å². The third-order valence-electron chi connectivity index (χ3n) is 2.56. The zero-order chi connectivity index (χ0) is 12.1. The van der Waals surface area contributed by atoms with Crippen molar-refractivity contribution in [2.75, 3.05) is 7.11 Å². The van der Waals surface area contributed by atoms with E-state index in [0.717, 1.165) is 12.8 Å². The molecule has 0 aromatic rings. The fraction of sp³-hybridized carbons (Fsp3) is 0.917. The maximum absolute atomic E-state index is 11.2. The van der Waals surface area contributed by atoms with Crippen molar-refractivity contribution in [1.82, 2.24) is 5.32 Å². The Labute approximate surface area is 93.6 Å². The van der Waals surface area contributed by atoms with Crippen molar-refractivity contribution < 1.29 is 9.53 Å². The largest absolute Gasteiger partial charge is 0.453 e. The van der Waals surface area contributed by atoms with Crippen LogP contribution in [0.1, 0.15) is 47.5 Å². The van der Waals surface area contributed by atoms with Gasteiger partial charge in [0.05, 0.1) is 7.11 Å². The first-order chi connectivity index (χ1) is 6.77. The number of alkyl carbamates (subject to hydrolysis) is 1. The molecule has 1 N–H and O–H groups in total. The fourth-order valence-electron chi connectivity index (χ4n) is 1.42. The molecule has 0 spiro atoms. The van der Waals surface area contributed by atoms with E-state index in [0.29, 0.717) is 5.92 Å². The van der Waals surface area contributed by atoms with Crippen LogP contribution in [0.25, 0.3) is 0 Å². The van der Waals surface area contributed by atoms with Gasteiger partial charge in [-0.1, -0.05) is 34.6 Å². The van der Waals surface area contributed by atoms with Gasteiger partial charge >= 0.3 is 6.09 Å². The third-order valence-corrected chi connectivity index (χ3v) is 2.56. The van der Waals surface area contributed by atoms with Gasteiger partial charge in [-0.05, 0) is 24.2 Å². The molecule has 0 saturated carbocycles. The molecule has 1 amide bonds. The maximum atomic E-state index is 11.2.